The number of nitrogens with two attached hydrogens (primary N) is 1. The molecule has 0 radical (unpaired) electrons. The van der Waals surface area contributed by atoms with Crippen molar-refractivity contribution in [3.8, 4) is 5.88 Å². The van der Waals surface area contributed by atoms with E-state index in [-0.39, 0.29) is 28.8 Å². The summed E-state index contributed by atoms with van der Waals surface area (Å²) in [6.07, 6.45) is 3.65. The highest BCUT2D eigenvalue weighted by molar-refractivity contribution is 8.00. The Balaban J connectivity index is 1.38. The van der Waals surface area contributed by atoms with Crippen LogP contribution in [0.2, 0.25) is 0 Å². The van der Waals surface area contributed by atoms with Crippen molar-refractivity contribution in [1.82, 2.24) is 19.6 Å². The molecule has 37 heavy (non-hydrogen) atoms. The summed E-state index contributed by atoms with van der Waals surface area (Å²) in [4.78, 5) is 48.3. The van der Waals surface area contributed by atoms with E-state index in [2.05, 4.69) is 15.5 Å². The number of nitrogen functional groups attached to an aromatic ring is 1. The first-order valence-electron chi connectivity index (χ1n) is 10.9. The maximum atomic E-state index is 13.1. The van der Waals surface area contributed by atoms with Crippen LogP contribution >= 0.6 is 23.1 Å². The molecule has 5 heterocycles. The maximum absolute atomic E-state index is 13.1. The van der Waals surface area contributed by atoms with Crippen LogP contribution < -0.4 is 20.4 Å². The molecule has 3 aromatic heterocycles. The Hall–Kier alpha value is -4.11. The number of thiazole rings is 1. The third kappa shape index (κ3) is 4.25. The molecule has 4 N–H and O–H groups in total. The molecule has 0 spiro atoms. The second-order valence-electron chi connectivity index (χ2n) is 8.03. The molecule has 3 aromatic rings. The SMILES string of the molecule is CON=C(C(=O)N[C@@H]1C(=O)N2C(C(=O)O)=C(C[n+]3ccn4c(OC)cccc43)CS[C@@H]12)c1csc(N)n1. The second kappa shape index (κ2) is 9.74. The number of oxime groups is 1. The van der Waals surface area contributed by atoms with E-state index in [1.165, 1.54) is 23.8 Å². The van der Waals surface area contributed by atoms with Crippen LogP contribution in [0.15, 0.2) is 52.4 Å². The number of anilines is 1. The van der Waals surface area contributed by atoms with Gasteiger partial charge in [0, 0.05) is 28.8 Å². The summed E-state index contributed by atoms with van der Waals surface area (Å²) in [5.74, 6) is -1.42. The van der Waals surface area contributed by atoms with Crippen LogP contribution in [-0.4, -0.2) is 74.3 Å². The Morgan fingerprint density at radius 2 is 2.19 bits per heavy atom. The number of carbonyl (C=O) groups is 3. The molecule has 2 aliphatic rings. The lowest BCUT2D eigenvalue weighted by Crippen LogP contribution is -2.71. The lowest BCUT2D eigenvalue weighted by atomic mass is 10.0. The normalized spacial score (nSPS) is 19.5. The number of carboxylic acid groups (broad SMARTS) is 1. The zero-order valence-corrected chi connectivity index (χ0v) is 21.3. The third-order valence-electron chi connectivity index (χ3n) is 5.93. The molecule has 2 amide bonds. The number of hydrogen-bond donors (Lipinski definition) is 3. The molecule has 2 atom stereocenters. The second-order valence-corrected chi connectivity index (χ2v) is 10.0. The van der Waals surface area contributed by atoms with Gasteiger partial charge in [0.25, 0.3) is 23.3 Å². The van der Waals surface area contributed by atoms with Gasteiger partial charge in [-0.1, -0.05) is 5.16 Å². The van der Waals surface area contributed by atoms with Crippen LogP contribution in [-0.2, 0) is 25.8 Å². The summed E-state index contributed by atoms with van der Waals surface area (Å²) in [6.45, 7) is 0.266. The summed E-state index contributed by atoms with van der Waals surface area (Å²) in [5, 5.41) is 17.6. The van der Waals surface area contributed by atoms with E-state index in [4.69, 9.17) is 15.3 Å². The number of amides is 2. The Morgan fingerprint density at radius 3 is 2.86 bits per heavy atom. The van der Waals surface area contributed by atoms with Gasteiger partial charge in [-0.25, -0.2) is 14.3 Å². The molecule has 1 fully saturated rings. The Labute approximate surface area is 218 Å². The van der Waals surface area contributed by atoms with Crippen molar-refractivity contribution in [3.63, 3.8) is 0 Å². The van der Waals surface area contributed by atoms with Crippen LogP contribution in [0.25, 0.3) is 5.65 Å². The number of rotatable bonds is 8. The topological polar surface area (TPSA) is 165 Å². The summed E-state index contributed by atoms with van der Waals surface area (Å²) in [6, 6.07) is 4.62. The predicted octanol–water partition coefficient (Wildman–Crippen LogP) is 0.0634. The molecule has 1 saturated heterocycles. The number of aromatic nitrogens is 3. The lowest BCUT2D eigenvalue weighted by Gasteiger charge is -2.49. The average molecular weight is 545 g/mol. The van der Waals surface area contributed by atoms with Crippen LogP contribution in [0.4, 0.5) is 5.13 Å². The van der Waals surface area contributed by atoms with Crippen molar-refractivity contribution >= 4 is 57.4 Å². The summed E-state index contributed by atoms with van der Waals surface area (Å²) in [7, 11) is 2.85. The predicted molar refractivity (Wildman–Crippen MR) is 134 cm³/mol. The molecule has 0 bridgehead atoms. The highest BCUT2D eigenvalue weighted by Crippen LogP contribution is 2.40. The van der Waals surface area contributed by atoms with Gasteiger partial charge in [-0.2, -0.15) is 4.40 Å². The zero-order chi connectivity index (χ0) is 26.3. The Kier molecular flexibility index (Phi) is 6.47. The molecule has 2 aliphatic heterocycles. The molecule has 0 aliphatic carbocycles. The molecule has 5 rings (SSSR count). The fraction of sp³-hybridized carbons (Fsp3) is 0.273. The fourth-order valence-corrected chi connectivity index (χ4v) is 6.19. The molecule has 0 unspecified atom stereocenters. The maximum Gasteiger partial charge on any atom is 0.352 e. The van der Waals surface area contributed by atoms with Crippen molar-refractivity contribution in [3.05, 3.63) is 52.9 Å². The quantitative estimate of drug-likeness (QED) is 0.154. The number of carbonyl (C=O) groups excluding carboxylic acids is 2. The van der Waals surface area contributed by atoms with Crippen molar-refractivity contribution in [2.45, 2.75) is 18.0 Å². The largest absolute Gasteiger partial charge is 0.477 e. The number of imidazole rings is 1. The van der Waals surface area contributed by atoms with E-state index in [1.807, 2.05) is 39.6 Å². The molecule has 0 aromatic carbocycles. The van der Waals surface area contributed by atoms with Crippen LogP contribution in [0, 0.1) is 0 Å². The number of nitrogens with one attached hydrogen (secondary N) is 1. The van der Waals surface area contributed by atoms with Crippen molar-refractivity contribution in [1.29, 1.82) is 0 Å². The number of methoxy groups -OCH3 is 1. The van der Waals surface area contributed by atoms with E-state index in [1.54, 1.807) is 12.5 Å². The number of thioether (sulfide) groups is 1. The van der Waals surface area contributed by atoms with E-state index in [9.17, 15) is 19.5 Å². The summed E-state index contributed by atoms with van der Waals surface area (Å²) >= 11 is 2.51. The van der Waals surface area contributed by atoms with Gasteiger partial charge in [-0.3, -0.25) is 14.5 Å². The Bertz CT molecular complexity index is 1480. The lowest BCUT2D eigenvalue weighted by molar-refractivity contribution is -0.662. The van der Waals surface area contributed by atoms with Gasteiger partial charge in [-0.05, 0) is 6.07 Å². The van der Waals surface area contributed by atoms with Crippen molar-refractivity contribution in [2.75, 3.05) is 25.7 Å². The number of aliphatic carboxylic acids is 1. The molecule has 192 valence electrons. The van der Waals surface area contributed by atoms with Crippen molar-refractivity contribution in [2.24, 2.45) is 5.16 Å². The van der Waals surface area contributed by atoms with E-state index >= 15 is 0 Å². The van der Waals surface area contributed by atoms with Crippen LogP contribution in [0.3, 0.4) is 0 Å². The summed E-state index contributed by atoms with van der Waals surface area (Å²) in [5.41, 5.74) is 7.04. The number of carboxylic acids is 1. The number of ether oxygens (including phenoxy) is 1. The smallest absolute Gasteiger partial charge is 0.352 e. The van der Waals surface area contributed by atoms with Crippen LogP contribution in [0.1, 0.15) is 5.69 Å². The Morgan fingerprint density at radius 1 is 1.38 bits per heavy atom. The average Bonchev–Trinajstić information content (AvgIpc) is 3.51. The van der Waals surface area contributed by atoms with Gasteiger partial charge < -0.3 is 25.7 Å². The minimum Gasteiger partial charge on any atom is -0.477 e. The van der Waals surface area contributed by atoms with Gasteiger partial charge in [0.2, 0.25) is 0 Å². The van der Waals surface area contributed by atoms with E-state index in [0.29, 0.717) is 17.2 Å². The molecule has 15 heteroatoms. The monoisotopic (exact) mass is 544 g/mol. The highest BCUT2D eigenvalue weighted by Gasteiger charge is 2.54. The molecular formula is C22H22N7O6S2+. The number of pyridine rings is 1. The van der Waals surface area contributed by atoms with E-state index in [0.717, 1.165) is 17.0 Å². The van der Waals surface area contributed by atoms with Gasteiger partial charge in [0.15, 0.2) is 10.8 Å². The molecule has 0 saturated carbocycles. The minimum atomic E-state index is -1.21. The number of β-lactam (4-membered cyclic amide) rings is 1. The highest BCUT2D eigenvalue weighted by atomic mass is 32.2. The third-order valence-corrected chi connectivity index (χ3v) is 7.94. The molecule has 13 nitrogen and oxygen atoms in total. The number of nitrogens with zero attached hydrogens (tertiary/aromatic N) is 5. The van der Waals surface area contributed by atoms with Gasteiger partial charge >= 0.3 is 5.97 Å². The molecular weight excluding hydrogens is 522 g/mol. The van der Waals surface area contributed by atoms with Gasteiger partial charge in [0.1, 0.15) is 48.9 Å². The number of fused-ring (bicyclic) bond motifs is 2. The van der Waals surface area contributed by atoms with Gasteiger partial charge in [-0.15, -0.1) is 23.1 Å². The van der Waals surface area contributed by atoms with E-state index < -0.39 is 29.2 Å². The first kappa shape index (κ1) is 24.6. The standard InChI is InChI=1S/C22H21N7O6S2/c1-34-14-5-3-4-13-27(6-7-28(13)14)8-11-9-36-20-16(19(31)29(20)17(11)21(32)33)25-18(30)15(26-35-2)12-10-37-22(23)24-12/h3-7,10,16,20H,8-9H2,1-2H3,(H3-,23,24,25,30,32,33)/p+1/t16-,20+/m1/s1. The fourth-order valence-electron chi connectivity index (χ4n) is 4.31. The summed E-state index contributed by atoms with van der Waals surface area (Å²) < 4.78 is 9.11. The van der Waals surface area contributed by atoms with Crippen LogP contribution in [0.5, 0.6) is 5.88 Å². The van der Waals surface area contributed by atoms with Crippen molar-refractivity contribution < 1.29 is 33.6 Å². The first-order valence-corrected chi connectivity index (χ1v) is 12.8. The zero-order valence-electron chi connectivity index (χ0n) is 19.7. The van der Waals surface area contributed by atoms with Gasteiger partial charge in [0.05, 0.1) is 7.11 Å². The minimum absolute atomic E-state index is 0.0768. The number of hydrogen-bond acceptors (Lipinski definition) is 10. The first-order chi connectivity index (χ1) is 17.8.